The standard InChI is InChI=1S/C10H17N3O2.ClH/c1-7(2)4-5-11-12-10(14)9-6-8(3)15-13-9;/h6-7,11H,4-5H2,1-3H3,(H,12,14);1H. The van der Waals surface area contributed by atoms with E-state index in [1.165, 1.54) is 0 Å². The van der Waals surface area contributed by atoms with Gasteiger partial charge in [-0.1, -0.05) is 19.0 Å². The van der Waals surface area contributed by atoms with E-state index in [1.54, 1.807) is 13.0 Å². The number of carbonyl (C=O) groups excluding carboxylic acids is 1. The Morgan fingerprint density at radius 1 is 1.56 bits per heavy atom. The number of aryl methyl sites for hydroxylation is 1. The van der Waals surface area contributed by atoms with Crippen LogP contribution in [0.4, 0.5) is 0 Å². The smallest absolute Gasteiger partial charge is 0.287 e. The lowest BCUT2D eigenvalue weighted by molar-refractivity contribution is 0.0923. The van der Waals surface area contributed by atoms with E-state index in [0.29, 0.717) is 17.4 Å². The molecule has 5 nitrogen and oxygen atoms in total. The fourth-order valence-corrected chi connectivity index (χ4v) is 1.04. The summed E-state index contributed by atoms with van der Waals surface area (Å²) < 4.78 is 4.79. The largest absolute Gasteiger partial charge is 0.361 e. The summed E-state index contributed by atoms with van der Waals surface area (Å²) >= 11 is 0. The molecule has 0 unspecified atom stereocenters. The third-order valence-electron chi connectivity index (χ3n) is 1.91. The molecule has 0 saturated carbocycles. The Labute approximate surface area is 101 Å². The molecule has 1 rings (SSSR count). The van der Waals surface area contributed by atoms with Crippen molar-refractivity contribution in [3.05, 3.63) is 17.5 Å². The first-order chi connectivity index (χ1) is 7.09. The number of nitrogens with zero attached hydrogens (tertiary/aromatic N) is 1. The van der Waals surface area contributed by atoms with E-state index in [9.17, 15) is 4.79 Å². The van der Waals surface area contributed by atoms with Crippen LogP contribution in [0, 0.1) is 12.8 Å². The molecule has 1 aromatic rings. The maximum atomic E-state index is 11.4. The zero-order valence-electron chi connectivity index (χ0n) is 9.74. The molecule has 0 spiro atoms. The van der Waals surface area contributed by atoms with Gasteiger partial charge in [-0.2, -0.15) is 0 Å². The van der Waals surface area contributed by atoms with E-state index in [2.05, 4.69) is 29.9 Å². The Morgan fingerprint density at radius 3 is 2.75 bits per heavy atom. The quantitative estimate of drug-likeness (QED) is 0.614. The van der Waals surface area contributed by atoms with Crippen LogP contribution < -0.4 is 10.9 Å². The Hall–Kier alpha value is -1.07. The number of amides is 1. The normalized spacial score (nSPS) is 10.0. The first-order valence-electron chi connectivity index (χ1n) is 5.06. The maximum Gasteiger partial charge on any atom is 0.287 e. The monoisotopic (exact) mass is 247 g/mol. The molecular weight excluding hydrogens is 230 g/mol. The third-order valence-corrected chi connectivity index (χ3v) is 1.91. The topological polar surface area (TPSA) is 67.2 Å². The summed E-state index contributed by atoms with van der Waals surface area (Å²) in [5, 5.41) is 3.60. The molecule has 92 valence electrons. The molecule has 0 aromatic carbocycles. The van der Waals surface area contributed by atoms with E-state index in [-0.39, 0.29) is 18.3 Å². The predicted octanol–water partition coefficient (Wildman–Crippen LogP) is 1.69. The number of nitrogens with one attached hydrogen (secondary N) is 2. The Bertz CT molecular complexity index is 326. The van der Waals surface area contributed by atoms with E-state index >= 15 is 0 Å². The summed E-state index contributed by atoms with van der Waals surface area (Å²) in [5.74, 6) is 0.974. The lowest BCUT2D eigenvalue weighted by Crippen LogP contribution is -2.38. The van der Waals surface area contributed by atoms with Crippen LogP contribution in [0.15, 0.2) is 10.6 Å². The highest BCUT2D eigenvalue weighted by Gasteiger charge is 2.09. The molecule has 0 atom stereocenters. The van der Waals surface area contributed by atoms with Gasteiger partial charge in [-0.3, -0.25) is 10.2 Å². The number of aromatic nitrogens is 1. The summed E-state index contributed by atoms with van der Waals surface area (Å²) in [7, 11) is 0. The highest BCUT2D eigenvalue weighted by Crippen LogP contribution is 2.00. The number of rotatable bonds is 5. The average molecular weight is 248 g/mol. The minimum atomic E-state index is -0.268. The van der Waals surface area contributed by atoms with Crippen LogP contribution in [0.3, 0.4) is 0 Å². The van der Waals surface area contributed by atoms with Crippen LogP contribution in [-0.2, 0) is 0 Å². The molecule has 0 bridgehead atoms. The van der Waals surface area contributed by atoms with E-state index in [1.807, 2.05) is 0 Å². The molecule has 0 aliphatic carbocycles. The molecule has 6 heteroatoms. The predicted molar refractivity (Wildman–Crippen MR) is 63.4 cm³/mol. The lowest BCUT2D eigenvalue weighted by Gasteiger charge is -2.06. The van der Waals surface area contributed by atoms with Gasteiger partial charge in [0.05, 0.1) is 0 Å². The molecule has 16 heavy (non-hydrogen) atoms. The second kappa shape index (κ2) is 7.24. The Balaban J connectivity index is 0.00000225. The van der Waals surface area contributed by atoms with Crippen molar-refractivity contribution < 1.29 is 9.32 Å². The van der Waals surface area contributed by atoms with Gasteiger partial charge < -0.3 is 4.52 Å². The van der Waals surface area contributed by atoms with E-state index in [0.717, 1.165) is 13.0 Å². The van der Waals surface area contributed by atoms with E-state index in [4.69, 9.17) is 4.52 Å². The van der Waals surface area contributed by atoms with Crippen LogP contribution in [0.1, 0.15) is 36.5 Å². The summed E-state index contributed by atoms with van der Waals surface area (Å²) in [5.41, 5.74) is 5.70. The molecule has 0 aliphatic rings. The molecule has 1 aromatic heterocycles. The van der Waals surface area contributed by atoms with Crippen molar-refractivity contribution >= 4 is 18.3 Å². The summed E-state index contributed by atoms with van der Waals surface area (Å²) in [6.45, 7) is 6.76. The number of hydrogen-bond donors (Lipinski definition) is 2. The summed E-state index contributed by atoms with van der Waals surface area (Å²) in [4.78, 5) is 11.4. The molecule has 2 N–H and O–H groups in total. The van der Waals surface area contributed by atoms with Crippen molar-refractivity contribution in [1.82, 2.24) is 16.0 Å². The van der Waals surface area contributed by atoms with Gasteiger partial charge in [0.25, 0.3) is 5.91 Å². The van der Waals surface area contributed by atoms with Crippen molar-refractivity contribution in [2.24, 2.45) is 5.92 Å². The van der Waals surface area contributed by atoms with Gasteiger partial charge in [0.15, 0.2) is 5.69 Å². The molecule has 0 fully saturated rings. The van der Waals surface area contributed by atoms with Crippen LogP contribution >= 0.6 is 12.4 Å². The Kier molecular flexibility index (Phi) is 6.76. The van der Waals surface area contributed by atoms with E-state index < -0.39 is 0 Å². The van der Waals surface area contributed by atoms with Gasteiger partial charge in [0.2, 0.25) is 0 Å². The fraction of sp³-hybridized carbons (Fsp3) is 0.600. The third kappa shape index (κ3) is 5.14. The van der Waals surface area contributed by atoms with Crippen LogP contribution in [0.25, 0.3) is 0 Å². The first kappa shape index (κ1) is 14.9. The van der Waals surface area contributed by atoms with Gasteiger partial charge in [0, 0.05) is 12.6 Å². The minimum Gasteiger partial charge on any atom is -0.361 e. The van der Waals surface area contributed by atoms with Crippen LogP contribution in [0.5, 0.6) is 0 Å². The van der Waals surface area contributed by atoms with Crippen molar-refractivity contribution in [1.29, 1.82) is 0 Å². The van der Waals surface area contributed by atoms with Crippen molar-refractivity contribution in [2.45, 2.75) is 27.2 Å². The maximum absolute atomic E-state index is 11.4. The van der Waals surface area contributed by atoms with Gasteiger partial charge in [-0.25, -0.2) is 5.43 Å². The fourth-order valence-electron chi connectivity index (χ4n) is 1.04. The zero-order valence-corrected chi connectivity index (χ0v) is 10.6. The first-order valence-corrected chi connectivity index (χ1v) is 5.06. The number of halogens is 1. The summed E-state index contributed by atoms with van der Waals surface area (Å²) in [6, 6.07) is 1.60. The molecule has 1 amide bonds. The Morgan fingerprint density at radius 2 is 2.25 bits per heavy atom. The second-order valence-electron chi connectivity index (χ2n) is 3.89. The van der Waals surface area contributed by atoms with Gasteiger partial charge in [0.1, 0.15) is 5.76 Å². The number of hydrogen-bond acceptors (Lipinski definition) is 4. The minimum absolute atomic E-state index is 0. The molecule has 0 radical (unpaired) electrons. The average Bonchev–Trinajstić information content (AvgIpc) is 2.59. The molecule has 1 heterocycles. The van der Waals surface area contributed by atoms with Crippen LogP contribution in [0.2, 0.25) is 0 Å². The van der Waals surface area contributed by atoms with Gasteiger partial charge in [-0.15, -0.1) is 12.4 Å². The molecular formula is C10H18ClN3O2. The molecule has 0 aliphatic heterocycles. The lowest BCUT2D eigenvalue weighted by atomic mass is 10.1. The van der Waals surface area contributed by atoms with Crippen molar-refractivity contribution in [3.63, 3.8) is 0 Å². The summed E-state index contributed by atoms with van der Waals surface area (Å²) in [6.07, 6.45) is 1.01. The SMILES string of the molecule is Cc1cc(C(=O)NNCCC(C)C)no1.Cl. The molecule has 0 saturated heterocycles. The number of carbonyl (C=O) groups is 1. The number of hydrazine groups is 1. The highest BCUT2D eigenvalue weighted by atomic mass is 35.5. The van der Waals surface area contributed by atoms with Gasteiger partial charge in [-0.05, 0) is 19.3 Å². The van der Waals surface area contributed by atoms with Gasteiger partial charge >= 0.3 is 0 Å². The second-order valence-corrected chi connectivity index (χ2v) is 3.89. The van der Waals surface area contributed by atoms with Crippen LogP contribution in [-0.4, -0.2) is 17.6 Å². The van der Waals surface area contributed by atoms with Crippen molar-refractivity contribution in [3.8, 4) is 0 Å². The highest BCUT2D eigenvalue weighted by molar-refractivity contribution is 5.91. The zero-order chi connectivity index (χ0) is 11.3. The van der Waals surface area contributed by atoms with Crippen molar-refractivity contribution in [2.75, 3.05) is 6.54 Å².